The van der Waals surface area contributed by atoms with E-state index in [0.717, 1.165) is 10.9 Å². The molecule has 4 aromatic rings. The summed E-state index contributed by atoms with van der Waals surface area (Å²) in [5.41, 5.74) is 2.04. The van der Waals surface area contributed by atoms with Gasteiger partial charge in [0.2, 0.25) is 5.91 Å². The lowest BCUT2D eigenvalue weighted by atomic mass is 10.2. The van der Waals surface area contributed by atoms with Crippen molar-refractivity contribution in [1.82, 2.24) is 14.5 Å². The predicted octanol–water partition coefficient (Wildman–Crippen LogP) is 4.88. The minimum atomic E-state index is -0.474. The van der Waals surface area contributed by atoms with Crippen molar-refractivity contribution in [2.45, 2.75) is 50.2 Å². The molecule has 4 rings (SSSR count). The third kappa shape index (κ3) is 5.46. The van der Waals surface area contributed by atoms with Crippen LogP contribution < -0.4 is 10.9 Å². The maximum absolute atomic E-state index is 13.2. The average molecular weight is 477 g/mol. The normalized spacial score (nSPS) is 12.4. The van der Waals surface area contributed by atoms with E-state index in [9.17, 15) is 9.59 Å². The van der Waals surface area contributed by atoms with Gasteiger partial charge in [0.05, 0.1) is 33.5 Å². The largest absolute Gasteiger partial charge is 0.379 e. The van der Waals surface area contributed by atoms with E-state index in [4.69, 9.17) is 9.72 Å². The molecule has 0 spiro atoms. The van der Waals surface area contributed by atoms with Crippen LogP contribution in [0.2, 0.25) is 0 Å². The number of carbonyl (C=O) groups is 1. The number of ether oxygens (including phenoxy) is 1. The van der Waals surface area contributed by atoms with Gasteiger partial charge >= 0.3 is 0 Å². The topological polar surface area (TPSA) is 86.1 Å². The number of rotatable bonds is 9. The minimum absolute atomic E-state index is 0.106. The van der Waals surface area contributed by atoms with Crippen LogP contribution in [0.5, 0.6) is 0 Å². The molecule has 2 aromatic carbocycles. The molecule has 34 heavy (non-hydrogen) atoms. The second kappa shape index (κ2) is 10.8. The number of amides is 1. The molecule has 0 fully saturated rings. The number of benzene rings is 2. The molecule has 0 aliphatic rings. The first kappa shape index (κ1) is 23.9. The van der Waals surface area contributed by atoms with E-state index < -0.39 is 5.25 Å². The summed E-state index contributed by atoms with van der Waals surface area (Å²) in [7, 11) is 0. The fourth-order valence-electron chi connectivity index (χ4n) is 3.63. The number of hydrogen-bond acceptors (Lipinski definition) is 6. The fraction of sp³-hybridized carbons (Fsp3) is 0.308. The summed E-state index contributed by atoms with van der Waals surface area (Å²) in [6.45, 7) is 6.80. The predicted molar refractivity (Wildman–Crippen MR) is 137 cm³/mol. The Hall–Kier alpha value is -3.23. The standard InChI is InChI=1S/C26H28N4O3S/c1-17(2)33-16-8-15-30-25(32)20-9-4-5-11-23(20)29-26(30)34-18(3)24(31)28-22-13-6-12-21-19(22)10-7-14-27-21/h4-7,9-14,17-18H,8,15-16H2,1-3H3,(H,28,31). The van der Waals surface area contributed by atoms with Gasteiger partial charge in [-0.3, -0.25) is 19.1 Å². The van der Waals surface area contributed by atoms with E-state index in [1.807, 2.05) is 69.3 Å². The summed E-state index contributed by atoms with van der Waals surface area (Å²) >= 11 is 1.28. The lowest BCUT2D eigenvalue weighted by Crippen LogP contribution is -2.27. The first-order valence-corrected chi connectivity index (χ1v) is 12.2. The highest BCUT2D eigenvalue weighted by Gasteiger charge is 2.20. The van der Waals surface area contributed by atoms with Crippen molar-refractivity contribution in [3.05, 3.63) is 71.1 Å². The van der Waals surface area contributed by atoms with Gasteiger partial charge in [-0.15, -0.1) is 0 Å². The lowest BCUT2D eigenvalue weighted by Gasteiger charge is -2.17. The highest BCUT2D eigenvalue weighted by atomic mass is 32.2. The van der Waals surface area contributed by atoms with Crippen molar-refractivity contribution in [2.24, 2.45) is 0 Å². The van der Waals surface area contributed by atoms with Crippen LogP contribution in [0.3, 0.4) is 0 Å². The van der Waals surface area contributed by atoms with Crippen LogP contribution in [0.4, 0.5) is 5.69 Å². The number of anilines is 1. The summed E-state index contributed by atoms with van der Waals surface area (Å²) in [6.07, 6.45) is 2.53. The number of thioether (sulfide) groups is 1. The smallest absolute Gasteiger partial charge is 0.262 e. The Labute approximate surface area is 202 Å². The molecular weight excluding hydrogens is 448 g/mol. The Balaban J connectivity index is 1.57. The highest BCUT2D eigenvalue weighted by Crippen LogP contribution is 2.26. The van der Waals surface area contributed by atoms with E-state index >= 15 is 0 Å². The molecule has 0 saturated carbocycles. The van der Waals surface area contributed by atoms with E-state index in [0.29, 0.717) is 41.3 Å². The van der Waals surface area contributed by atoms with Crippen molar-refractivity contribution in [3.8, 4) is 0 Å². The van der Waals surface area contributed by atoms with Crippen LogP contribution in [-0.2, 0) is 16.1 Å². The first-order valence-electron chi connectivity index (χ1n) is 11.4. The number of fused-ring (bicyclic) bond motifs is 2. The van der Waals surface area contributed by atoms with Gasteiger partial charge < -0.3 is 10.1 Å². The molecule has 1 atom stereocenters. The molecule has 0 radical (unpaired) electrons. The molecule has 1 N–H and O–H groups in total. The van der Waals surface area contributed by atoms with Crippen LogP contribution in [-0.4, -0.2) is 38.4 Å². The maximum Gasteiger partial charge on any atom is 0.262 e. The van der Waals surface area contributed by atoms with Crippen molar-refractivity contribution < 1.29 is 9.53 Å². The van der Waals surface area contributed by atoms with Gasteiger partial charge in [-0.05, 0) is 63.6 Å². The zero-order valence-corrected chi connectivity index (χ0v) is 20.3. The molecule has 0 saturated heterocycles. The monoisotopic (exact) mass is 476 g/mol. The molecule has 1 unspecified atom stereocenters. The Bertz CT molecular complexity index is 1360. The molecular formula is C26H28N4O3S. The quantitative estimate of drug-likeness (QED) is 0.211. The van der Waals surface area contributed by atoms with Gasteiger partial charge in [-0.1, -0.05) is 30.0 Å². The summed E-state index contributed by atoms with van der Waals surface area (Å²) in [4.78, 5) is 35.4. The number of para-hydroxylation sites is 1. The van der Waals surface area contributed by atoms with Gasteiger partial charge in [0.1, 0.15) is 0 Å². The first-order chi connectivity index (χ1) is 16.4. The van der Waals surface area contributed by atoms with Crippen LogP contribution in [0.1, 0.15) is 27.2 Å². The Morgan fingerprint density at radius 2 is 1.79 bits per heavy atom. The van der Waals surface area contributed by atoms with Gasteiger partial charge in [0.15, 0.2) is 5.16 Å². The molecule has 0 aliphatic carbocycles. The zero-order valence-electron chi connectivity index (χ0n) is 19.5. The van der Waals surface area contributed by atoms with Crippen LogP contribution in [0.15, 0.2) is 70.7 Å². The molecule has 7 nitrogen and oxygen atoms in total. The van der Waals surface area contributed by atoms with Crippen molar-refractivity contribution in [2.75, 3.05) is 11.9 Å². The SMILES string of the molecule is CC(C)OCCCn1c(SC(C)C(=O)Nc2cccc3ncccc23)nc2ccccc2c1=O. The van der Waals surface area contributed by atoms with Crippen LogP contribution >= 0.6 is 11.8 Å². The molecule has 0 bridgehead atoms. The average Bonchev–Trinajstić information content (AvgIpc) is 2.83. The third-order valence-corrected chi connectivity index (χ3v) is 6.45. The van der Waals surface area contributed by atoms with Crippen LogP contribution in [0.25, 0.3) is 21.8 Å². The van der Waals surface area contributed by atoms with Gasteiger partial charge in [-0.25, -0.2) is 4.98 Å². The van der Waals surface area contributed by atoms with Crippen molar-refractivity contribution in [3.63, 3.8) is 0 Å². The zero-order chi connectivity index (χ0) is 24.1. The molecule has 2 aromatic heterocycles. The second-order valence-electron chi connectivity index (χ2n) is 8.27. The summed E-state index contributed by atoms with van der Waals surface area (Å²) in [5, 5.41) is 4.50. The van der Waals surface area contributed by atoms with E-state index in [2.05, 4.69) is 10.3 Å². The van der Waals surface area contributed by atoms with Gasteiger partial charge in [0, 0.05) is 24.7 Å². The van der Waals surface area contributed by atoms with Gasteiger partial charge in [0.25, 0.3) is 5.56 Å². The number of hydrogen-bond donors (Lipinski definition) is 1. The van der Waals surface area contributed by atoms with Gasteiger partial charge in [-0.2, -0.15) is 0 Å². The fourth-order valence-corrected chi connectivity index (χ4v) is 4.57. The van der Waals surface area contributed by atoms with Crippen molar-refractivity contribution in [1.29, 1.82) is 0 Å². The number of aromatic nitrogens is 3. The number of carbonyl (C=O) groups excluding carboxylic acids is 1. The van der Waals surface area contributed by atoms with Crippen LogP contribution in [0, 0.1) is 0 Å². The Morgan fingerprint density at radius 3 is 2.62 bits per heavy atom. The van der Waals surface area contributed by atoms with E-state index in [1.165, 1.54) is 11.8 Å². The highest BCUT2D eigenvalue weighted by molar-refractivity contribution is 8.00. The summed E-state index contributed by atoms with van der Waals surface area (Å²) in [5.74, 6) is -0.168. The Kier molecular flexibility index (Phi) is 7.59. The molecule has 1 amide bonds. The second-order valence-corrected chi connectivity index (χ2v) is 9.57. The lowest BCUT2D eigenvalue weighted by molar-refractivity contribution is -0.115. The summed E-state index contributed by atoms with van der Waals surface area (Å²) in [6, 6.07) is 16.7. The number of pyridine rings is 1. The maximum atomic E-state index is 13.2. The minimum Gasteiger partial charge on any atom is -0.379 e. The molecule has 0 aliphatic heterocycles. The summed E-state index contributed by atoms with van der Waals surface area (Å²) < 4.78 is 7.29. The van der Waals surface area contributed by atoms with Crippen molar-refractivity contribution >= 4 is 45.2 Å². The Morgan fingerprint density at radius 1 is 1.03 bits per heavy atom. The molecule has 176 valence electrons. The molecule has 8 heteroatoms. The van der Waals surface area contributed by atoms with E-state index in [1.54, 1.807) is 16.8 Å². The third-order valence-electron chi connectivity index (χ3n) is 5.36. The molecule has 2 heterocycles. The number of nitrogens with zero attached hydrogens (tertiary/aromatic N) is 3. The number of nitrogens with one attached hydrogen (secondary N) is 1. The van der Waals surface area contributed by atoms with E-state index in [-0.39, 0.29) is 17.6 Å².